The predicted molar refractivity (Wildman–Crippen MR) is 249 cm³/mol. The van der Waals surface area contributed by atoms with Crippen molar-refractivity contribution < 1.29 is 38.2 Å². The van der Waals surface area contributed by atoms with E-state index in [0.717, 1.165) is 36.0 Å². The molecular formula is C54H52N4O8. The van der Waals surface area contributed by atoms with Gasteiger partial charge in [-0.3, -0.25) is 23.7 Å². The smallest absolute Gasteiger partial charge is 0.338 e. The summed E-state index contributed by atoms with van der Waals surface area (Å²) in [4.78, 5) is 83.2. The van der Waals surface area contributed by atoms with Crippen LogP contribution in [0.2, 0.25) is 0 Å². The van der Waals surface area contributed by atoms with Gasteiger partial charge in [0.1, 0.15) is 19.3 Å². The van der Waals surface area contributed by atoms with Crippen molar-refractivity contribution in [3.63, 3.8) is 0 Å². The monoisotopic (exact) mass is 884 g/mol. The predicted octanol–water partition coefficient (Wildman–Crippen LogP) is 8.94. The Labute approximate surface area is 383 Å². The van der Waals surface area contributed by atoms with Crippen molar-refractivity contribution in [2.75, 3.05) is 11.9 Å². The van der Waals surface area contributed by atoms with E-state index in [1.54, 1.807) is 18.3 Å². The third-order valence-corrected chi connectivity index (χ3v) is 13.4. The van der Waals surface area contributed by atoms with Crippen LogP contribution in [0.4, 0.5) is 5.69 Å². The zero-order valence-corrected chi connectivity index (χ0v) is 36.8. The summed E-state index contributed by atoms with van der Waals surface area (Å²) in [5.41, 5.74) is 2.93. The van der Waals surface area contributed by atoms with Crippen LogP contribution < -0.4 is 16.0 Å². The highest BCUT2D eigenvalue weighted by Crippen LogP contribution is 2.59. The summed E-state index contributed by atoms with van der Waals surface area (Å²) in [5, 5.41) is 9.55. The average molecular weight is 885 g/mol. The Hall–Kier alpha value is -7.34. The van der Waals surface area contributed by atoms with E-state index in [9.17, 15) is 28.8 Å². The molecule has 3 N–H and O–H groups in total. The Morgan fingerprint density at radius 3 is 1.68 bits per heavy atom. The van der Waals surface area contributed by atoms with Crippen LogP contribution in [-0.4, -0.2) is 52.7 Å². The van der Waals surface area contributed by atoms with Gasteiger partial charge in [0.2, 0.25) is 11.8 Å². The van der Waals surface area contributed by atoms with Crippen LogP contribution >= 0.6 is 0 Å². The minimum atomic E-state index is -1.22. The van der Waals surface area contributed by atoms with E-state index in [-0.39, 0.29) is 58.9 Å². The van der Waals surface area contributed by atoms with Crippen LogP contribution in [0.3, 0.4) is 0 Å². The van der Waals surface area contributed by atoms with Gasteiger partial charge in [-0.1, -0.05) is 91.0 Å². The van der Waals surface area contributed by atoms with Crippen molar-refractivity contribution in [2.24, 2.45) is 23.2 Å². The highest BCUT2D eigenvalue weighted by Gasteiger charge is 2.50. The molecule has 1 aromatic heterocycles. The number of nitrogens with zero attached hydrogens (tertiary/aromatic N) is 1. The van der Waals surface area contributed by atoms with Crippen molar-refractivity contribution in [1.82, 2.24) is 15.2 Å². The van der Waals surface area contributed by atoms with Gasteiger partial charge in [0.05, 0.1) is 27.8 Å². The van der Waals surface area contributed by atoms with Gasteiger partial charge in [-0.2, -0.15) is 0 Å². The number of carbonyl (C=O) groups excluding carboxylic acids is 6. The second-order valence-electron chi connectivity index (χ2n) is 18.4. The van der Waals surface area contributed by atoms with Crippen molar-refractivity contribution in [3.8, 4) is 0 Å². The number of benzene rings is 5. The number of carbonyl (C=O) groups is 6. The zero-order valence-electron chi connectivity index (χ0n) is 36.8. The summed E-state index contributed by atoms with van der Waals surface area (Å²) in [6.45, 7) is 1.88. The average Bonchev–Trinajstić information content (AvgIpc) is 3.75. The Kier molecular flexibility index (Phi) is 12.6. The molecule has 4 saturated carbocycles. The third-order valence-electron chi connectivity index (χ3n) is 13.4. The highest BCUT2D eigenvalue weighted by molar-refractivity contribution is 6.12. The number of nitrogens with one attached hydrogen (secondary N) is 3. The molecule has 12 heteroatoms. The summed E-state index contributed by atoms with van der Waals surface area (Å²) >= 11 is 0. The molecule has 3 amide bonds. The molecule has 1 heterocycles. The molecule has 4 aliphatic rings. The first kappa shape index (κ1) is 43.9. The third kappa shape index (κ3) is 9.97. The molecule has 336 valence electrons. The van der Waals surface area contributed by atoms with Gasteiger partial charge in [-0.05, 0) is 115 Å². The lowest BCUT2D eigenvalue weighted by molar-refractivity contribution is -0.118. The van der Waals surface area contributed by atoms with Crippen LogP contribution in [-0.2, 0) is 33.9 Å². The largest absolute Gasteiger partial charge is 0.457 e. The molecule has 0 unspecified atom stereocenters. The van der Waals surface area contributed by atoms with Crippen LogP contribution in [0.15, 0.2) is 134 Å². The van der Waals surface area contributed by atoms with Crippen LogP contribution in [0.25, 0.3) is 10.9 Å². The fourth-order valence-corrected chi connectivity index (χ4v) is 10.8. The molecule has 4 fully saturated rings. The number of esters is 2. The molecule has 0 radical (unpaired) electrons. The van der Waals surface area contributed by atoms with Gasteiger partial charge >= 0.3 is 11.9 Å². The number of fused-ring (bicyclic) bond motifs is 1. The fourth-order valence-electron chi connectivity index (χ4n) is 10.8. The lowest BCUT2D eigenvalue weighted by Gasteiger charge is -2.56. The van der Waals surface area contributed by atoms with E-state index in [1.807, 2.05) is 91.0 Å². The van der Waals surface area contributed by atoms with E-state index in [1.165, 1.54) is 55.0 Å². The molecule has 6 aromatic rings. The Morgan fingerprint density at radius 1 is 0.636 bits per heavy atom. The molecule has 1 atom stereocenters. The van der Waals surface area contributed by atoms with Crippen LogP contribution in [0, 0.1) is 23.2 Å². The first-order valence-electron chi connectivity index (χ1n) is 22.6. The van der Waals surface area contributed by atoms with E-state index >= 15 is 0 Å². The minimum absolute atomic E-state index is 0.00387. The summed E-state index contributed by atoms with van der Waals surface area (Å²) < 4.78 is 12.6. The van der Waals surface area contributed by atoms with Gasteiger partial charge in [-0.15, -0.1) is 0 Å². The first-order valence-corrected chi connectivity index (χ1v) is 22.6. The molecule has 0 saturated heterocycles. The number of hydrogen-bond donors (Lipinski definition) is 3. The van der Waals surface area contributed by atoms with Crippen molar-refractivity contribution in [2.45, 2.75) is 71.1 Å². The molecular weight excluding hydrogens is 833 g/mol. The SMILES string of the molecule is CC(=O)n1ccc2cc(C(=O)NCC34CC5CC(CC(C5)C3)C4)c(C(=O)N[C@@H](Cc3ccccc3)C(=O)Nc3cc(C(=O)OCc4ccccc4)cc(C(=O)OCc4ccccc4)c3)cc21. The lowest BCUT2D eigenvalue weighted by Crippen LogP contribution is -2.51. The molecule has 12 nitrogen and oxygen atoms in total. The summed E-state index contributed by atoms with van der Waals surface area (Å²) in [6, 6.07) is 35.2. The van der Waals surface area contributed by atoms with Crippen molar-refractivity contribution >= 4 is 52.2 Å². The Morgan fingerprint density at radius 2 is 1.15 bits per heavy atom. The maximum absolute atomic E-state index is 14.7. The van der Waals surface area contributed by atoms with E-state index in [0.29, 0.717) is 35.2 Å². The number of amides is 3. The number of rotatable bonds is 15. The molecule has 10 rings (SSSR count). The first-order chi connectivity index (χ1) is 32.0. The zero-order chi connectivity index (χ0) is 45.8. The maximum atomic E-state index is 14.7. The van der Waals surface area contributed by atoms with Gasteiger partial charge in [-0.25, -0.2) is 9.59 Å². The summed E-state index contributed by atoms with van der Waals surface area (Å²) in [7, 11) is 0. The molecule has 0 spiro atoms. The number of anilines is 1. The Balaban J connectivity index is 0.999. The van der Waals surface area contributed by atoms with E-state index < -0.39 is 35.7 Å². The Bertz CT molecular complexity index is 2690. The number of hydrogen-bond acceptors (Lipinski definition) is 8. The fraction of sp³-hybridized carbons (Fsp3) is 0.296. The van der Waals surface area contributed by atoms with Gasteiger partial charge in [0.25, 0.3) is 11.8 Å². The standard InChI is InChI=1S/C54H52N4O8/c1-34(59)58-18-17-41-26-45(49(60)55-33-54-28-38-19-39(29-54)21-40(20-38)30-54)46(27-48(41)58)50(61)57-47(22-35-11-5-2-6-12-35)51(62)56-44-24-42(52(63)65-31-36-13-7-3-8-14-36)23-43(25-44)53(64)66-32-37-15-9-4-10-16-37/h2-18,23-27,38-40,47H,19-22,28-33H2,1H3,(H,55,60)(H,56,62)(H,57,61)/t38?,39?,40?,47-,54?/m0/s1. The second kappa shape index (κ2) is 19.0. The summed E-state index contributed by atoms with van der Waals surface area (Å²) in [5.74, 6) is -1.42. The van der Waals surface area contributed by atoms with Crippen molar-refractivity contribution in [1.29, 1.82) is 0 Å². The molecule has 0 aliphatic heterocycles. The number of ether oxygens (including phenoxy) is 2. The van der Waals surface area contributed by atoms with Gasteiger partial charge in [0, 0.05) is 37.2 Å². The highest BCUT2D eigenvalue weighted by atomic mass is 16.5. The second-order valence-corrected chi connectivity index (χ2v) is 18.4. The van der Waals surface area contributed by atoms with Crippen LogP contribution in [0.1, 0.15) is 108 Å². The molecule has 4 bridgehead atoms. The summed E-state index contributed by atoms with van der Waals surface area (Å²) in [6.07, 6.45) is 8.75. The van der Waals surface area contributed by atoms with Gasteiger partial charge in [0.15, 0.2) is 0 Å². The van der Waals surface area contributed by atoms with Crippen LogP contribution in [0.5, 0.6) is 0 Å². The van der Waals surface area contributed by atoms with E-state index in [4.69, 9.17) is 9.47 Å². The minimum Gasteiger partial charge on any atom is -0.457 e. The topological polar surface area (TPSA) is 162 Å². The quantitative estimate of drug-likeness (QED) is 0.0862. The van der Waals surface area contributed by atoms with Crippen molar-refractivity contribution in [3.05, 3.63) is 173 Å². The maximum Gasteiger partial charge on any atom is 0.338 e. The molecule has 66 heavy (non-hydrogen) atoms. The van der Waals surface area contributed by atoms with E-state index in [2.05, 4.69) is 16.0 Å². The van der Waals surface area contributed by atoms with Gasteiger partial charge < -0.3 is 25.4 Å². The normalized spacial score (nSPS) is 19.7. The number of aromatic nitrogens is 1. The molecule has 5 aromatic carbocycles. The molecule has 4 aliphatic carbocycles. The lowest BCUT2D eigenvalue weighted by atomic mass is 9.49.